The first-order chi connectivity index (χ1) is 11.6. The van der Waals surface area contributed by atoms with Gasteiger partial charge in [-0.05, 0) is 50.8 Å². The molecule has 1 fully saturated rings. The Bertz CT molecular complexity index is 670. The molecule has 1 atom stereocenters. The molecule has 1 aliphatic carbocycles. The van der Waals surface area contributed by atoms with Crippen LogP contribution in [0.4, 0.5) is 0 Å². The SMILES string of the molecule is CCC(CC=Cc1ccccc1)(c1ccccc1)N(C)C1(C)CC1. The largest absolute Gasteiger partial charge is 0.291 e. The average Bonchev–Trinajstić information content (AvgIpc) is 3.39. The summed E-state index contributed by atoms with van der Waals surface area (Å²) in [5.41, 5.74) is 3.13. The van der Waals surface area contributed by atoms with E-state index in [-0.39, 0.29) is 5.54 Å². The molecule has 0 spiro atoms. The number of rotatable bonds is 7. The third kappa shape index (κ3) is 3.32. The summed E-state index contributed by atoms with van der Waals surface area (Å²) >= 11 is 0. The Labute approximate surface area is 147 Å². The van der Waals surface area contributed by atoms with Gasteiger partial charge in [0.05, 0.1) is 0 Å². The Morgan fingerprint density at radius 1 is 1.00 bits per heavy atom. The molecule has 1 nitrogen and oxygen atoms in total. The fourth-order valence-corrected chi connectivity index (χ4v) is 3.77. The summed E-state index contributed by atoms with van der Waals surface area (Å²) < 4.78 is 0. The van der Waals surface area contributed by atoms with Gasteiger partial charge in [0, 0.05) is 11.1 Å². The zero-order chi connectivity index (χ0) is 17.0. The van der Waals surface area contributed by atoms with Crippen molar-refractivity contribution < 1.29 is 0 Å². The van der Waals surface area contributed by atoms with E-state index in [0.29, 0.717) is 5.54 Å². The minimum Gasteiger partial charge on any atom is -0.291 e. The van der Waals surface area contributed by atoms with Crippen LogP contribution in [0.2, 0.25) is 0 Å². The summed E-state index contributed by atoms with van der Waals surface area (Å²) in [6.07, 6.45) is 9.38. The molecule has 1 aliphatic rings. The van der Waals surface area contributed by atoms with Crippen molar-refractivity contribution in [2.45, 2.75) is 50.6 Å². The molecule has 1 heteroatoms. The van der Waals surface area contributed by atoms with Gasteiger partial charge >= 0.3 is 0 Å². The number of hydrogen-bond donors (Lipinski definition) is 0. The highest BCUT2D eigenvalue weighted by Gasteiger charge is 2.49. The molecule has 1 saturated carbocycles. The quantitative estimate of drug-likeness (QED) is 0.616. The highest BCUT2D eigenvalue weighted by molar-refractivity contribution is 5.49. The van der Waals surface area contributed by atoms with Gasteiger partial charge in [-0.2, -0.15) is 0 Å². The van der Waals surface area contributed by atoms with Crippen LogP contribution in [0.1, 0.15) is 50.7 Å². The monoisotopic (exact) mass is 319 g/mol. The topological polar surface area (TPSA) is 3.24 Å². The zero-order valence-corrected chi connectivity index (χ0v) is 15.2. The zero-order valence-electron chi connectivity index (χ0n) is 15.2. The van der Waals surface area contributed by atoms with Crippen molar-refractivity contribution in [1.29, 1.82) is 0 Å². The Morgan fingerprint density at radius 3 is 2.12 bits per heavy atom. The van der Waals surface area contributed by atoms with Crippen molar-refractivity contribution >= 4 is 6.08 Å². The lowest BCUT2D eigenvalue weighted by molar-refractivity contribution is 0.0602. The molecule has 24 heavy (non-hydrogen) atoms. The van der Waals surface area contributed by atoms with Crippen LogP contribution in [-0.4, -0.2) is 17.5 Å². The molecule has 3 rings (SSSR count). The Hall–Kier alpha value is -1.86. The van der Waals surface area contributed by atoms with Gasteiger partial charge in [0.15, 0.2) is 0 Å². The van der Waals surface area contributed by atoms with Crippen molar-refractivity contribution in [3.8, 4) is 0 Å². The standard InChI is InChI=1S/C23H29N/c1-4-23(21-15-9-6-10-16-21,24(3)22(2)18-19-22)17-11-14-20-12-7-5-8-13-20/h5-16H,4,17-19H2,1-3H3. The molecule has 0 saturated heterocycles. The Balaban J connectivity index is 1.91. The highest BCUT2D eigenvalue weighted by Crippen LogP contribution is 2.49. The van der Waals surface area contributed by atoms with Crippen molar-refractivity contribution in [2.75, 3.05) is 7.05 Å². The van der Waals surface area contributed by atoms with E-state index in [1.807, 2.05) is 0 Å². The van der Waals surface area contributed by atoms with Gasteiger partial charge in [0.1, 0.15) is 0 Å². The number of nitrogens with zero attached hydrogens (tertiary/aromatic N) is 1. The van der Waals surface area contributed by atoms with E-state index in [9.17, 15) is 0 Å². The maximum atomic E-state index is 2.64. The average molecular weight is 319 g/mol. The molecule has 0 heterocycles. The molecular weight excluding hydrogens is 290 g/mol. The summed E-state index contributed by atoms with van der Waals surface area (Å²) in [5.74, 6) is 0. The third-order valence-electron chi connectivity index (χ3n) is 5.89. The first kappa shape index (κ1) is 17.0. The van der Waals surface area contributed by atoms with Gasteiger partial charge < -0.3 is 0 Å². The number of hydrogen-bond acceptors (Lipinski definition) is 1. The molecule has 0 aromatic heterocycles. The van der Waals surface area contributed by atoms with Crippen molar-refractivity contribution in [1.82, 2.24) is 4.90 Å². The van der Waals surface area contributed by atoms with Crippen LogP contribution in [0.25, 0.3) is 6.08 Å². The van der Waals surface area contributed by atoms with Gasteiger partial charge in [-0.15, -0.1) is 0 Å². The summed E-state index contributed by atoms with van der Waals surface area (Å²) in [5, 5.41) is 0. The molecule has 0 radical (unpaired) electrons. The lowest BCUT2D eigenvalue weighted by atomic mass is 9.81. The van der Waals surface area contributed by atoms with E-state index in [4.69, 9.17) is 0 Å². The van der Waals surface area contributed by atoms with Gasteiger partial charge in [0.2, 0.25) is 0 Å². The second-order valence-corrected chi connectivity index (χ2v) is 7.32. The predicted octanol–water partition coefficient (Wildman–Crippen LogP) is 5.88. The summed E-state index contributed by atoms with van der Waals surface area (Å²) in [6.45, 7) is 4.73. The fourth-order valence-electron chi connectivity index (χ4n) is 3.77. The van der Waals surface area contributed by atoms with Crippen LogP contribution in [0.3, 0.4) is 0 Å². The van der Waals surface area contributed by atoms with Gasteiger partial charge in [-0.3, -0.25) is 4.90 Å². The van der Waals surface area contributed by atoms with Gasteiger partial charge in [0.25, 0.3) is 0 Å². The third-order valence-corrected chi connectivity index (χ3v) is 5.89. The Kier molecular flexibility index (Phi) is 4.91. The van der Waals surface area contributed by atoms with Crippen LogP contribution < -0.4 is 0 Å². The normalized spacial score (nSPS) is 18.7. The van der Waals surface area contributed by atoms with Crippen LogP contribution in [0.5, 0.6) is 0 Å². The van der Waals surface area contributed by atoms with E-state index >= 15 is 0 Å². The van der Waals surface area contributed by atoms with E-state index in [2.05, 4.69) is 98.6 Å². The molecule has 2 aromatic carbocycles. The molecule has 1 unspecified atom stereocenters. The molecule has 0 bridgehead atoms. The fraction of sp³-hybridized carbons (Fsp3) is 0.391. The predicted molar refractivity (Wildman–Crippen MR) is 104 cm³/mol. The smallest absolute Gasteiger partial charge is 0.0494 e. The second kappa shape index (κ2) is 6.94. The number of benzene rings is 2. The Morgan fingerprint density at radius 2 is 1.58 bits per heavy atom. The molecule has 126 valence electrons. The maximum Gasteiger partial charge on any atom is 0.0494 e. The van der Waals surface area contributed by atoms with Crippen LogP contribution in [0.15, 0.2) is 66.7 Å². The minimum atomic E-state index is 0.0673. The van der Waals surface area contributed by atoms with Crippen molar-refractivity contribution in [2.24, 2.45) is 0 Å². The molecule has 2 aromatic rings. The lowest BCUT2D eigenvalue weighted by Crippen LogP contribution is -2.49. The molecule has 0 amide bonds. The summed E-state index contributed by atoms with van der Waals surface area (Å²) in [6, 6.07) is 21.6. The first-order valence-corrected chi connectivity index (χ1v) is 9.12. The van der Waals surface area contributed by atoms with Crippen LogP contribution >= 0.6 is 0 Å². The molecular formula is C23H29N. The van der Waals surface area contributed by atoms with Crippen LogP contribution in [0, 0.1) is 0 Å². The van der Waals surface area contributed by atoms with E-state index in [1.165, 1.54) is 24.0 Å². The van der Waals surface area contributed by atoms with E-state index in [0.717, 1.165) is 12.8 Å². The van der Waals surface area contributed by atoms with Crippen molar-refractivity contribution in [3.05, 3.63) is 77.9 Å². The summed E-state index contributed by atoms with van der Waals surface area (Å²) in [7, 11) is 2.32. The summed E-state index contributed by atoms with van der Waals surface area (Å²) in [4.78, 5) is 2.64. The van der Waals surface area contributed by atoms with Gasteiger partial charge in [-0.25, -0.2) is 0 Å². The van der Waals surface area contributed by atoms with E-state index in [1.54, 1.807) is 0 Å². The minimum absolute atomic E-state index is 0.0673. The second-order valence-electron chi connectivity index (χ2n) is 7.32. The van der Waals surface area contributed by atoms with E-state index < -0.39 is 0 Å². The molecule has 0 N–H and O–H groups in total. The first-order valence-electron chi connectivity index (χ1n) is 9.12. The maximum absolute atomic E-state index is 2.64. The van der Waals surface area contributed by atoms with Crippen molar-refractivity contribution in [3.63, 3.8) is 0 Å². The molecule has 0 aliphatic heterocycles. The van der Waals surface area contributed by atoms with Gasteiger partial charge in [-0.1, -0.05) is 79.7 Å². The van der Waals surface area contributed by atoms with Crippen LogP contribution in [-0.2, 0) is 5.54 Å². The highest BCUT2D eigenvalue weighted by atomic mass is 15.3. The lowest BCUT2D eigenvalue weighted by Gasteiger charge is -2.45.